The summed E-state index contributed by atoms with van der Waals surface area (Å²) in [7, 11) is 0. The van der Waals surface area contributed by atoms with E-state index < -0.39 is 6.03 Å². The van der Waals surface area contributed by atoms with Gasteiger partial charge >= 0.3 is 6.03 Å². The molecule has 0 aliphatic carbocycles. The monoisotopic (exact) mass is 167 g/mol. The molecule has 0 unspecified atom stereocenters. The van der Waals surface area contributed by atoms with Crippen LogP contribution in [0, 0.1) is 5.92 Å². The summed E-state index contributed by atoms with van der Waals surface area (Å²) in [6.07, 6.45) is 0.698. The Morgan fingerprint density at radius 1 is 1.42 bits per heavy atom. The number of fused-ring (bicyclic) bond motifs is 1. The topological polar surface area (TPSA) is 70.6 Å². The lowest BCUT2D eigenvalue weighted by Gasteiger charge is -2.26. The number of imide groups is 1. The molecule has 0 aromatic heterocycles. The summed E-state index contributed by atoms with van der Waals surface area (Å²) in [6, 6.07) is -0.520. The van der Waals surface area contributed by atoms with E-state index in [2.05, 4.69) is 15.6 Å². The Morgan fingerprint density at radius 3 is 3.08 bits per heavy atom. The van der Waals surface area contributed by atoms with Crippen molar-refractivity contribution in [3.8, 4) is 0 Å². The maximum atomic E-state index is 11.2. The fourth-order valence-electron chi connectivity index (χ4n) is 1.48. The minimum Gasteiger partial charge on any atom is -0.315 e. The Morgan fingerprint density at radius 2 is 2.25 bits per heavy atom. The fraction of sp³-hybridized carbons (Fsp3) is 0.571. The van der Waals surface area contributed by atoms with E-state index in [9.17, 15) is 9.59 Å². The third-order valence-electron chi connectivity index (χ3n) is 2.10. The molecule has 0 bridgehead atoms. The van der Waals surface area contributed by atoms with E-state index in [0.29, 0.717) is 13.0 Å². The SMILES string of the molecule is O=C1N=C2CCNC[C@H]2C(=O)N1. The second-order valence-corrected chi connectivity index (χ2v) is 2.90. The van der Waals surface area contributed by atoms with Crippen molar-refractivity contribution < 1.29 is 9.59 Å². The lowest BCUT2D eigenvalue weighted by Crippen LogP contribution is -2.50. The van der Waals surface area contributed by atoms with Gasteiger partial charge in [0.1, 0.15) is 0 Å². The van der Waals surface area contributed by atoms with Crippen LogP contribution in [0.25, 0.3) is 0 Å². The van der Waals surface area contributed by atoms with Gasteiger partial charge in [0, 0.05) is 18.8 Å². The van der Waals surface area contributed by atoms with Gasteiger partial charge in [-0.25, -0.2) is 9.79 Å². The number of carbonyl (C=O) groups is 2. The molecule has 2 aliphatic heterocycles. The Labute approximate surface area is 69.2 Å². The number of nitrogens with zero attached hydrogens (tertiary/aromatic N) is 1. The van der Waals surface area contributed by atoms with Gasteiger partial charge in [-0.1, -0.05) is 0 Å². The summed E-state index contributed by atoms with van der Waals surface area (Å²) in [4.78, 5) is 25.7. The van der Waals surface area contributed by atoms with Crippen molar-refractivity contribution in [2.75, 3.05) is 13.1 Å². The van der Waals surface area contributed by atoms with Crippen LogP contribution in [0.2, 0.25) is 0 Å². The largest absolute Gasteiger partial charge is 0.347 e. The molecule has 1 atom stereocenters. The number of piperidine rings is 1. The highest BCUT2D eigenvalue weighted by Crippen LogP contribution is 2.11. The van der Waals surface area contributed by atoms with Crippen molar-refractivity contribution in [3.63, 3.8) is 0 Å². The molecule has 1 saturated heterocycles. The minimum atomic E-state index is -0.520. The van der Waals surface area contributed by atoms with Crippen LogP contribution >= 0.6 is 0 Å². The Hall–Kier alpha value is -1.23. The van der Waals surface area contributed by atoms with Gasteiger partial charge in [-0.3, -0.25) is 10.1 Å². The van der Waals surface area contributed by atoms with Gasteiger partial charge < -0.3 is 5.32 Å². The van der Waals surface area contributed by atoms with Crippen LogP contribution in [-0.4, -0.2) is 30.7 Å². The smallest absolute Gasteiger partial charge is 0.315 e. The zero-order valence-corrected chi connectivity index (χ0v) is 6.46. The minimum absolute atomic E-state index is 0.225. The number of hydrogen-bond acceptors (Lipinski definition) is 3. The third-order valence-corrected chi connectivity index (χ3v) is 2.10. The van der Waals surface area contributed by atoms with E-state index in [4.69, 9.17) is 0 Å². The van der Waals surface area contributed by atoms with E-state index in [1.807, 2.05) is 0 Å². The molecule has 2 aliphatic rings. The van der Waals surface area contributed by atoms with Crippen molar-refractivity contribution in [2.24, 2.45) is 10.9 Å². The van der Waals surface area contributed by atoms with Gasteiger partial charge in [0.05, 0.1) is 5.92 Å². The summed E-state index contributed by atoms with van der Waals surface area (Å²) in [5.74, 6) is -0.450. The Kier molecular flexibility index (Phi) is 1.65. The lowest BCUT2D eigenvalue weighted by atomic mass is 9.95. The molecule has 0 aromatic carbocycles. The number of hydrogen-bond donors (Lipinski definition) is 2. The maximum absolute atomic E-state index is 11.2. The Bertz CT molecular complexity index is 272. The second-order valence-electron chi connectivity index (χ2n) is 2.90. The van der Waals surface area contributed by atoms with Gasteiger partial charge in [-0.15, -0.1) is 0 Å². The summed E-state index contributed by atoms with van der Waals surface area (Å²) in [5, 5.41) is 5.25. The molecule has 5 nitrogen and oxygen atoms in total. The van der Waals surface area contributed by atoms with Crippen LogP contribution in [0.3, 0.4) is 0 Å². The van der Waals surface area contributed by atoms with Crippen molar-refractivity contribution in [1.29, 1.82) is 0 Å². The predicted molar refractivity (Wildman–Crippen MR) is 42.0 cm³/mol. The summed E-state index contributed by atoms with van der Waals surface area (Å²) in [6.45, 7) is 1.40. The molecule has 0 spiro atoms. The van der Waals surface area contributed by atoms with E-state index >= 15 is 0 Å². The van der Waals surface area contributed by atoms with Crippen molar-refractivity contribution >= 4 is 17.6 Å². The van der Waals surface area contributed by atoms with E-state index in [-0.39, 0.29) is 11.8 Å². The molecule has 5 heteroatoms. The van der Waals surface area contributed by atoms with E-state index in [0.717, 1.165) is 12.3 Å². The van der Waals surface area contributed by atoms with Gasteiger partial charge in [0.25, 0.3) is 0 Å². The predicted octanol–water partition coefficient (Wildman–Crippen LogP) is -0.713. The molecule has 0 saturated carbocycles. The van der Waals surface area contributed by atoms with Crippen molar-refractivity contribution in [3.05, 3.63) is 0 Å². The highest BCUT2D eigenvalue weighted by atomic mass is 16.2. The van der Waals surface area contributed by atoms with Crippen LogP contribution in [-0.2, 0) is 4.79 Å². The number of nitrogens with one attached hydrogen (secondary N) is 2. The van der Waals surface area contributed by atoms with Crippen LogP contribution in [0.5, 0.6) is 0 Å². The van der Waals surface area contributed by atoms with Gasteiger partial charge in [-0.2, -0.15) is 0 Å². The van der Waals surface area contributed by atoms with E-state index in [1.165, 1.54) is 0 Å². The second kappa shape index (κ2) is 2.67. The molecular formula is C7H9N3O2. The third kappa shape index (κ3) is 1.12. The number of carbonyl (C=O) groups excluding carboxylic acids is 2. The molecule has 2 N–H and O–H groups in total. The number of amides is 3. The zero-order chi connectivity index (χ0) is 8.55. The van der Waals surface area contributed by atoms with Crippen molar-refractivity contribution in [1.82, 2.24) is 10.6 Å². The molecule has 3 amide bonds. The summed E-state index contributed by atoms with van der Waals surface area (Å²) >= 11 is 0. The maximum Gasteiger partial charge on any atom is 0.347 e. The van der Waals surface area contributed by atoms with Crippen LogP contribution in [0.15, 0.2) is 4.99 Å². The van der Waals surface area contributed by atoms with E-state index in [1.54, 1.807) is 0 Å². The Balaban J connectivity index is 2.28. The quantitative estimate of drug-likeness (QED) is 0.500. The standard InChI is InChI=1S/C7H9N3O2/c11-6-4-3-8-2-1-5(4)9-7(12)10-6/h4,8H,1-3H2,(H,10,11,12)/t4-/m1/s1. The highest BCUT2D eigenvalue weighted by molar-refractivity contribution is 6.16. The molecule has 64 valence electrons. The fourth-order valence-corrected chi connectivity index (χ4v) is 1.48. The first-order valence-electron chi connectivity index (χ1n) is 3.90. The first-order chi connectivity index (χ1) is 5.77. The first kappa shape index (κ1) is 7.42. The van der Waals surface area contributed by atoms with Crippen LogP contribution in [0.1, 0.15) is 6.42 Å². The molecule has 1 fully saturated rings. The zero-order valence-electron chi connectivity index (χ0n) is 6.46. The first-order valence-corrected chi connectivity index (χ1v) is 3.90. The molecule has 2 rings (SSSR count). The normalized spacial score (nSPS) is 29.0. The summed E-state index contributed by atoms with van der Waals surface area (Å²) < 4.78 is 0. The average Bonchev–Trinajstić information content (AvgIpc) is 2.04. The van der Waals surface area contributed by atoms with Gasteiger partial charge in [0.2, 0.25) is 5.91 Å². The summed E-state index contributed by atoms with van der Waals surface area (Å²) in [5.41, 5.74) is 0.725. The van der Waals surface area contributed by atoms with Crippen molar-refractivity contribution in [2.45, 2.75) is 6.42 Å². The number of urea groups is 1. The molecule has 0 radical (unpaired) electrons. The molecule has 2 heterocycles. The molecular weight excluding hydrogens is 158 g/mol. The number of rotatable bonds is 0. The highest BCUT2D eigenvalue weighted by Gasteiger charge is 2.32. The van der Waals surface area contributed by atoms with Crippen LogP contribution in [0.4, 0.5) is 4.79 Å². The average molecular weight is 167 g/mol. The number of aliphatic imine (C=N–C) groups is 1. The van der Waals surface area contributed by atoms with Gasteiger partial charge in [-0.05, 0) is 6.42 Å². The van der Waals surface area contributed by atoms with Gasteiger partial charge in [0.15, 0.2) is 0 Å². The molecule has 0 aromatic rings. The molecule has 12 heavy (non-hydrogen) atoms. The van der Waals surface area contributed by atoms with Crippen LogP contribution < -0.4 is 10.6 Å². The lowest BCUT2D eigenvalue weighted by molar-refractivity contribution is -0.122.